The molecule has 0 radical (unpaired) electrons. The van der Waals surface area contributed by atoms with Gasteiger partial charge in [0.25, 0.3) is 11.8 Å². The van der Waals surface area contributed by atoms with Gasteiger partial charge in [-0.3, -0.25) is 25.2 Å². The van der Waals surface area contributed by atoms with E-state index in [0.717, 1.165) is 19.3 Å². The van der Waals surface area contributed by atoms with E-state index in [-0.39, 0.29) is 17.7 Å². The highest BCUT2D eigenvalue weighted by atomic mass is 16.5. The molecule has 1 rings (SSSR count). The van der Waals surface area contributed by atoms with E-state index < -0.39 is 11.8 Å². The van der Waals surface area contributed by atoms with E-state index in [0.29, 0.717) is 6.61 Å². The number of hydrogen-bond donors (Lipinski definition) is 3. The summed E-state index contributed by atoms with van der Waals surface area (Å²) in [6, 6.07) is 2.59. The Labute approximate surface area is 116 Å². The zero-order valence-corrected chi connectivity index (χ0v) is 11.4. The van der Waals surface area contributed by atoms with E-state index in [1.54, 1.807) is 0 Å². The SMILES string of the molecule is CCCCCOCC(=O)NNC(=O)c1ccc(=O)[nH]c1. The van der Waals surface area contributed by atoms with E-state index in [1.807, 2.05) is 0 Å². The molecule has 3 N–H and O–H groups in total. The summed E-state index contributed by atoms with van der Waals surface area (Å²) in [7, 11) is 0. The van der Waals surface area contributed by atoms with Crippen molar-refractivity contribution in [2.75, 3.05) is 13.2 Å². The molecule has 7 heteroatoms. The molecule has 0 atom stereocenters. The third-order valence-electron chi connectivity index (χ3n) is 2.49. The lowest BCUT2D eigenvalue weighted by Crippen LogP contribution is -2.43. The number of carbonyl (C=O) groups excluding carboxylic acids is 2. The van der Waals surface area contributed by atoms with E-state index in [1.165, 1.54) is 18.3 Å². The monoisotopic (exact) mass is 281 g/mol. The van der Waals surface area contributed by atoms with Crippen LogP contribution in [0.25, 0.3) is 0 Å². The molecule has 0 fully saturated rings. The van der Waals surface area contributed by atoms with Crippen LogP contribution in [0.2, 0.25) is 0 Å². The fourth-order valence-corrected chi connectivity index (χ4v) is 1.41. The lowest BCUT2D eigenvalue weighted by Gasteiger charge is -2.07. The van der Waals surface area contributed by atoms with Gasteiger partial charge in [0.2, 0.25) is 5.56 Å². The van der Waals surface area contributed by atoms with E-state index in [2.05, 4.69) is 22.8 Å². The maximum Gasteiger partial charge on any atom is 0.271 e. The number of pyridine rings is 1. The van der Waals surface area contributed by atoms with Crippen LogP contribution < -0.4 is 16.4 Å². The Balaban J connectivity index is 2.22. The van der Waals surface area contributed by atoms with Gasteiger partial charge < -0.3 is 9.72 Å². The second kappa shape index (κ2) is 8.87. The molecule has 0 aliphatic carbocycles. The molecule has 1 heterocycles. The summed E-state index contributed by atoms with van der Waals surface area (Å²) in [5.41, 5.74) is 4.40. The number of hydrogen-bond acceptors (Lipinski definition) is 4. The minimum atomic E-state index is -0.513. The Bertz CT molecular complexity index is 478. The van der Waals surface area contributed by atoms with Crippen molar-refractivity contribution in [2.24, 2.45) is 0 Å². The van der Waals surface area contributed by atoms with E-state index >= 15 is 0 Å². The standard InChI is InChI=1S/C13H19N3O4/c1-2-3-4-7-20-9-12(18)15-16-13(19)10-5-6-11(17)14-8-10/h5-6,8H,2-4,7,9H2,1H3,(H,14,17)(H,15,18)(H,16,19). The summed E-state index contributed by atoms with van der Waals surface area (Å²) in [6.45, 7) is 2.50. The van der Waals surface area contributed by atoms with Crippen LogP contribution in [0.1, 0.15) is 36.5 Å². The molecule has 2 amide bonds. The normalized spacial score (nSPS) is 10.1. The van der Waals surface area contributed by atoms with Crippen LogP contribution in [0.5, 0.6) is 0 Å². The molecule has 0 saturated heterocycles. The summed E-state index contributed by atoms with van der Waals surface area (Å²) in [4.78, 5) is 36.1. The molecule has 0 aromatic carbocycles. The first-order chi connectivity index (χ1) is 9.63. The van der Waals surface area contributed by atoms with Crippen molar-refractivity contribution in [3.8, 4) is 0 Å². The molecule has 0 spiro atoms. The highest BCUT2D eigenvalue weighted by molar-refractivity contribution is 5.95. The Morgan fingerprint density at radius 1 is 1.25 bits per heavy atom. The predicted octanol–water partition coefficient (Wildman–Crippen LogP) is 0.343. The van der Waals surface area contributed by atoms with Crippen molar-refractivity contribution in [1.82, 2.24) is 15.8 Å². The van der Waals surface area contributed by atoms with Crippen LogP contribution in [0.3, 0.4) is 0 Å². The highest BCUT2D eigenvalue weighted by Crippen LogP contribution is 1.94. The predicted molar refractivity (Wildman–Crippen MR) is 73.0 cm³/mol. The van der Waals surface area contributed by atoms with Gasteiger partial charge >= 0.3 is 0 Å². The fourth-order valence-electron chi connectivity index (χ4n) is 1.41. The third kappa shape index (κ3) is 6.14. The molecule has 20 heavy (non-hydrogen) atoms. The van der Waals surface area contributed by atoms with Crippen molar-refractivity contribution in [2.45, 2.75) is 26.2 Å². The van der Waals surface area contributed by atoms with Gasteiger partial charge in [0.15, 0.2) is 0 Å². The van der Waals surface area contributed by atoms with Crippen molar-refractivity contribution >= 4 is 11.8 Å². The largest absolute Gasteiger partial charge is 0.372 e. The van der Waals surface area contributed by atoms with Crippen LogP contribution in [0, 0.1) is 0 Å². The van der Waals surface area contributed by atoms with Gasteiger partial charge in [0.05, 0.1) is 5.56 Å². The topological polar surface area (TPSA) is 100 Å². The van der Waals surface area contributed by atoms with Gasteiger partial charge in [0, 0.05) is 18.9 Å². The molecule has 0 aliphatic heterocycles. The van der Waals surface area contributed by atoms with Crippen molar-refractivity contribution in [3.63, 3.8) is 0 Å². The fraction of sp³-hybridized carbons (Fsp3) is 0.462. The lowest BCUT2D eigenvalue weighted by atomic mass is 10.3. The Morgan fingerprint density at radius 3 is 2.70 bits per heavy atom. The molecule has 0 bridgehead atoms. The van der Waals surface area contributed by atoms with Gasteiger partial charge in [-0.25, -0.2) is 0 Å². The highest BCUT2D eigenvalue weighted by Gasteiger charge is 2.07. The molecule has 0 aliphatic rings. The number of aromatic amines is 1. The number of carbonyl (C=O) groups is 2. The number of unbranched alkanes of at least 4 members (excludes halogenated alkanes) is 2. The van der Waals surface area contributed by atoms with Gasteiger partial charge in [-0.2, -0.15) is 0 Å². The average Bonchev–Trinajstić information content (AvgIpc) is 2.45. The summed E-state index contributed by atoms with van der Waals surface area (Å²) in [6.07, 6.45) is 4.33. The van der Waals surface area contributed by atoms with Gasteiger partial charge in [-0.1, -0.05) is 19.8 Å². The molecule has 0 saturated carbocycles. The van der Waals surface area contributed by atoms with Gasteiger partial charge in [-0.15, -0.1) is 0 Å². The molecular formula is C13H19N3O4. The van der Waals surface area contributed by atoms with Crippen molar-refractivity contribution in [1.29, 1.82) is 0 Å². The zero-order valence-electron chi connectivity index (χ0n) is 11.4. The molecule has 110 valence electrons. The van der Waals surface area contributed by atoms with E-state index in [9.17, 15) is 14.4 Å². The molecule has 1 aromatic rings. The Hall–Kier alpha value is -2.15. The molecule has 1 aromatic heterocycles. The number of hydrazine groups is 1. The number of H-pyrrole nitrogens is 1. The number of aromatic nitrogens is 1. The average molecular weight is 281 g/mol. The summed E-state index contributed by atoms with van der Waals surface area (Å²) in [5, 5.41) is 0. The van der Waals surface area contributed by atoms with Gasteiger partial charge in [-0.05, 0) is 12.5 Å². The third-order valence-corrected chi connectivity index (χ3v) is 2.49. The summed E-state index contributed by atoms with van der Waals surface area (Å²) >= 11 is 0. The minimum absolute atomic E-state index is 0.102. The van der Waals surface area contributed by atoms with Gasteiger partial charge in [0.1, 0.15) is 6.61 Å². The smallest absolute Gasteiger partial charge is 0.271 e. The van der Waals surface area contributed by atoms with Crippen LogP contribution in [0.15, 0.2) is 23.1 Å². The summed E-state index contributed by atoms with van der Waals surface area (Å²) < 4.78 is 5.14. The quantitative estimate of drug-likeness (QED) is 0.495. The number of nitrogens with one attached hydrogen (secondary N) is 3. The maximum atomic E-state index is 11.6. The van der Waals surface area contributed by atoms with Crippen molar-refractivity contribution < 1.29 is 14.3 Å². The first kappa shape index (κ1) is 15.9. The number of amides is 2. The summed E-state index contributed by atoms with van der Waals surface area (Å²) in [5.74, 6) is -0.945. The first-order valence-electron chi connectivity index (χ1n) is 6.49. The zero-order chi connectivity index (χ0) is 14.8. The number of rotatable bonds is 7. The Kier molecular flexibility index (Phi) is 7.05. The van der Waals surface area contributed by atoms with E-state index in [4.69, 9.17) is 4.74 Å². The molecule has 7 nitrogen and oxygen atoms in total. The molecular weight excluding hydrogens is 262 g/mol. The van der Waals surface area contributed by atoms with Crippen LogP contribution >= 0.6 is 0 Å². The van der Waals surface area contributed by atoms with Crippen molar-refractivity contribution in [3.05, 3.63) is 34.2 Å². The number of ether oxygens (including phenoxy) is 1. The second-order valence-electron chi connectivity index (χ2n) is 4.20. The first-order valence-corrected chi connectivity index (χ1v) is 6.49. The maximum absolute atomic E-state index is 11.6. The second-order valence-corrected chi connectivity index (χ2v) is 4.20. The minimum Gasteiger partial charge on any atom is -0.372 e. The van der Waals surface area contributed by atoms with Crippen LogP contribution in [0.4, 0.5) is 0 Å². The van der Waals surface area contributed by atoms with Crippen LogP contribution in [-0.4, -0.2) is 30.0 Å². The van der Waals surface area contributed by atoms with Crippen LogP contribution in [-0.2, 0) is 9.53 Å². The Morgan fingerprint density at radius 2 is 2.05 bits per heavy atom. The molecule has 0 unspecified atom stereocenters. The lowest BCUT2D eigenvalue weighted by molar-refractivity contribution is -0.126.